The average molecular weight is 427 g/mol. The minimum absolute atomic E-state index is 0.0822. The van der Waals surface area contributed by atoms with Crippen LogP contribution in [0.5, 0.6) is 5.75 Å². The Hall–Kier alpha value is -3.86. The van der Waals surface area contributed by atoms with Gasteiger partial charge in [-0.3, -0.25) is 4.79 Å². The molecule has 3 heterocycles. The number of hydrogen-bond acceptors (Lipinski definition) is 7. The molecule has 1 aliphatic heterocycles. The zero-order chi connectivity index (χ0) is 21.4. The van der Waals surface area contributed by atoms with Crippen LogP contribution in [-0.4, -0.2) is 45.8 Å². The van der Waals surface area contributed by atoms with Gasteiger partial charge in [0, 0.05) is 23.6 Å². The Bertz CT molecular complexity index is 1250. The van der Waals surface area contributed by atoms with E-state index in [9.17, 15) is 13.6 Å². The van der Waals surface area contributed by atoms with Crippen molar-refractivity contribution in [1.82, 2.24) is 20.6 Å². The van der Waals surface area contributed by atoms with Gasteiger partial charge in [0.25, 0.3) is 5.91 Å². The molecule has 1 atom stereocenters. The lowest BCUT2D eigenvalue weighted by Crippen LogP contribution is -2.16. The van der Waals surface area contributed by atoms with Crippen molar-refractivity contribution in [2.75, 3.05) is 18.5 Å². The number of H-pyrrole nitrogens is 1. The summed E-state index contributed by atoms with van der Waals surface area (Å²) in [4.78, 5) is 12.7. The molecule has 9 nitrogen and oxygen atoms in total. The molecule has 1 amide bonds. The first-order chi connectivity index (χ1) is 15.1. The molecule has 2 N–H and O–H groups in total. The number of tetrazole rings is 1. The molecule has 0 aliphatic carbocycles. The van der Waals surface area contributed by atoms with Crippen molar-refractivity contribution < 1.29 is 27.5 Å². The third-order valence-corrected chi connectivity index (χ3v) is 4.88. The van der Waals surface area contributed by atoms with Gasteiger partial charge < -0.3 is 19.2 Å². The third-order valence-electron chi connectivity index (χ3n) is 4.88. The largest absolute Gasteiger partial charge is 0.485 e. The number of nitrogens with one attached hydrogen (secondary N) is 2. The van der Waals surface area contributed by atoms with Gasteiger partial charge in [-0.1, -0.05) is 0 Å². The number of anilines is 1. The van der Waals surface area contributed by atoms with Gasteiger partial charge in [-0.25, -0.2) is 13.9 Å². The van der Waals surface area contributed by atoms with E-state index in [1.54, 1.807) is 0 Å². The summed E-state index contributed by atoms with van der Waals surface area (Å²) in [6.07, 6.45) is 1.70. The Balaban J connectivity index is 1.36. The molecular formula is C20H15F2N5O4. The second-order valence-corrected chi connectivity index (χ2v) is 6.93. The van der Waals surface area contributed by atoms with Crippen LogP contribution in [0.3, 0.4) is 0 Å². The topological polar surface area (TPSA) is 115 Å². The van der Waals surface area contributed by atoms with E-state index in [2.05, 4.69) is 25.9 Å². The number of amides is 1. The van der Waals surface area contributed by atoms with E-state index in [1.165, 1.54) is 24.5 Å². The van der Waals surface area contributed by atoms with Crippen LogP contribution in [0.4, 0.5) is 14.5 Å². The lowest BCUT2D eigenvalue weighted by molar-refractivity contribution is 0.102. The number of hydrogen-bond donors (Lipinski definition) is 2. The first kappa shape index (κ1) is 19.1. The van der Waals surface area contributed by atoms with E-state index < -0.39 is 17.5 Å². The van der Waals surface area contributed by atoms with Crippen molar-refractivity contribution in [2.24, 2.45) is 0 Å². The molecule has 0 spiro atoms. The highest BCUT2D eigenvalue weighted by molar-refractivity contribution is 6.12. The number of carbonyl (C=O) groups is 1. The van der Waals surface area contributed by atoms with Gasteiger partial charge in [0.05, 0.1) is 24.3 Å². The Morgan fingerprint density at radius 1 is 1.23 bits per heavy atom. The second kappa shape index (κ2) is 7.76. The molecule has 0 bridgehead atoms. The van der Waals surface area contributed by atoms with Crippen LogP contribution in [-0.2, 0) is 4.74 Å². The zero-order valence-corrected chi connectivity index (χ0v) is 15.9. The number of rotatable bonds is 5. The van der Waals surface area contributed by atoms with Gasteiger partial charge >= 0.3 is 0 Å². The lowest BCUT2D eigenvalue weighted by Gasteiger charge is -2.13. The van der Waals surface area contributed by atoms with Crippen LogP contribution in [0, 0.1) is 11.6 Å². The van der Waals surface area contributed by atoms with Crippen LogP contribution in [0.15, 0.2) is 41.0 Å². The minimum atomic E-state index is -0.634. The van der Waals surface area contributed by atoms with Gasteiger partial charge in [-0.2, -0.15) is 0 Å². The summed E-state index contributed by atoms with van der Waals surface area (Å²) in [6, 6.07) is 6.66. The predicted octanol–water partition coefficient (Wildman–Crippen LogP) is 3.31. The second-order valence-electron chi connectivity index (χ2n) is 6.93. The number of halogens is 2. The van der Waals surface area contributed by atoms with Crippen LogP contribution < -0.4 is 10.1 Å². The highest BCUT2D eigenvalue weighted by Crippen LogP contribution is 2.30. The minimum Gasteiger partial charge on any atom is -0.485 e. The Labute approximate surface area is 173 Å². The molecule has 5 rings (SSSR count). The fraction of sp³-hybridized carbons (Fsp3) is 0.200. The molecule has 2 aromatic heterocycles. The van der Waals surface area contributed by atoms with Crippen molar-refractivity contribution in [3.8, 4) is 17.1 Å². The summed E-state index contributed by atoms with van der Waals surface area (Å²) in [5.41, 5.74) is 0.687. The number of furan rings is 1. The Morgan fingerprint density at radius 3 is 2.87 bits per heavy atom. The number of fused-ring (bicyclic) bond motifs is 1. The quantitative estimate of drug-likeness (QED) is 0.502. The lowest BCUT2D eigenvalue weighted by atomic mass is 10.1. The molecule has 1 saturated heterocycles. The average Bonchev–Trinajstić information content (AvgIpc) is 3.51. The van der Waals surface area contributed by atoms with Crippen molar-refractivity contribution >= 4 is 22.6 Å². The number of carbonyl (C=O) groups excluding carboxylic acids is 1. The van der Waals surface area contributed by atoms with Gasteiger partial charge in [-0.05, 0) is 34.7 Å². The summed E-state index contributed by atoms with van der Waals surface area (Å²) < 4.78 is 45.1. The summed E-state index contributed by atoms with van der Waals surface area (Å²) in [6.45, 7) is 0.993. The summed E-state index contributed by atoms with van der Waals surface area (Å²) >= 11 is 0. The van der Waals surface area contributed by atoms with Gasteiger partial charge in [0.15, 0.2) is 17.4 Å². The van der Waals surface area contributed by atoms with Crippen molar-refractivity contribution in [3.05, 3.63) is 53.8 Å². The predicted molar refractivity (Wildman–Crippen MR) is 104 cm³/mol. The van der Waals surface area contributed by atoms with Crippen LogP contribution >= 0.6 is 0 Å². The molecule has 0 saturated carbocycles. The maximum absolute atomic E-state index is 14.5. The van der Waals surface area contributed by atoms with Gasteiger partial charge in [0.1, 0.15) is 23.8 Å². The Morgan fingerprint density at radius 2 is 2.13 bits per heavy atom. The summed E-state index contributed by atoms with van der Waals surface area (Å²) in [5.74, 6) is -1.62. The maximum Gasteiger partial charge on any atom is 0.259 e. The molecule has 1 fully saturated rings. The fourth-order valence-corrected chi connectivity index (χ4v) is 3.34. The highest BCUT2D eigenvalue weighted by atomic mass is 19.1. The number of benzene rings is 2. The number of aromatic nitrogens is 4. The van der Waals surface area contributed by atoms with E-state index in [1.807, 2.05) is 0 Å². The van der Waals surface area contributed by atoms with Crippen LogP contribution in [0.2, 0.25) is 0 Å². The first-order valence-electron chi connectivity index (χ1n) is 9.38. The zero-order valence-electron chi connectivity index (χ0n) is 15.9. The molecule has 158 valence electrons. The van der Waals surface area contributed by atoms with Gasteiger partial charge in [0.2, 0.25) is 0 Å². The van der Waals surface area contributed by atoms with E-state index >= 15 is 0 Å². The van der Waals surface area contributed by atoms with Crippen molar-refractivity contribution in [3.63, 3.8) is 0 Å². The first-order valence-corrected chi connectivity index (χ1v) is 9.38. The summed E-state index contributed by atoms with van der Waals surface area (Å²) in [5, 5.41) is 15.8. The van der Waals surface area contributed by atoms with Crippen molar-refractivity contribution in [2.45, 2.75) is 12.5 Å². The Kier molecular flexibility index (Phi) is 4.79. The van der Waals surface area contributed by atoms with Gasteiger partial charge in [-0.15, -0.1) is 5.10 Å². The molecule has 0 radical (unpaired) electrons. The monoisotopic (exact) mass is 427 g/mol. The number of aromatic amines is 1. The number of ether oxygens (including phenoxy) is 2. The van der Waals surface area contributed by atoms with E-state index in [0.29, 0.717) is 19.6 Å². The maximum atomic E-state index is 14.5. The molecule has 31 heavy (non-hydrogen) atoms. The molecule has 4 aromatic rings. The van der Waals surface area contributed by atoms with Crippen LogP contribution in [0.1, 0.15) is 16.8 Å². The standard InChI is InChI=1S/C20H15F2N5O4/c21-15-6-12-14(9-30-18(12)7-13(15)19-24-26-27-25-19)20(28)23-10-1-2-17(16(22)5-10)31-11-3-4-29-8-11/h1-2,5-7,9,11H,3-4,8H2,(H,23,28)(H,24,25,26,27)/t11-/m1/s1. The van der Waals surface area contributed by atoms with Crippen molar-refractivity contribution in [1.29, 1.82) is 0 Å². The molecule has 2 aromatic carbocycles. The molecular weight excluding hydrogens is 412 g/mol. The van der Waals surface area contributed by atoms with E-state index in [4.69, 9.17) is 13.9 Å². The van der Waals surface area contributed by atoms with E-state index in [0.717, 1.165) is 12.1 Å². The third kappa shape index (κ3) is 3.70. The molecule has 11 heteroatoms. The smallest absolute Gasteiger partial charge is 0.259 e. The highest BCUT2D eigenvalue weighted by Gasteiger charge is 2.21. The summed E-state index contributed by atoms with van der Waals surface area (Å²) in [7, 11) is 0. The molecule has 0 unspecified atom stereocenters. The normalized spacial score (nSPS) is 16.0. The number of nitrogens with zero attached hydrogens (tertiary/aromatic N) is 3. The fourth-order valence-electron chi connectivity index (χ4n) is 3.34. The SMILES string of the molecule is O=C(Nc1ccc(O[C@@H]2CCOC2)c(F)c1)c1coc2cc(-c3nnn[nH]3)c(F)cc12. The van der Waals surface area contributed by atoms with E-state index in [-0.39, 0.29) is 45.5 Å². The van der Waals surface area contributed by atoms with Crippen LogP contribution in [0.25, 0.3) is 22.4 Å². The molecule has 1 aliphatic rings.